The summed E-state index contributed by atoms with van der Waals surface area (Å²) in [6.07, 6.45) is 0. The fourth-order valence-corrected chi connectivity index (χ4v) is 12.5. The molecule has 4 heterocycles. The van der Waals surface area contributed by atoms with Gasteiger partial charge in [-0.2, -0.15) is 0 Å². The Labute approximate surface area is 560 Å². The molecule has 0 fully saturated rings. The molecule has 0 saturated carbocycles. The number of fused-ring (bicyclic) bond motifs is 8. The quantitative estimate of drug-likeness (QED) is 0.0506. The van der Waals surface area contributed by atoms with Crippen LogP contribution in [0.4, 0.5) is 0 Å². The molecule has 0 radical (unpaired) electrons. The summed E-state index contributed by atoms with van der Waals surface area (Å²) in [5.41, 5.74) is 1.18. The highest BCUT2D eigenvalue weighted by Crippen LogP contribution is 2.46. The highest BCUT2D eigenvalue weighted by atomic mass is 16.5. The van der Waals surface area contributed by atoms with Crippen molar-refractivity contribution >= 4 is 116 Å². The monoisotopic (exact) mass is 1300 g/mol. The van der Waals surface area contributed by atoms with E-state index >= 15 is 0 Å². The van der Waals surface area contributed by atoms with Gasteiger partial charge in [0.05, 0.1) is 6.61 Å². The lowest BCUT2D eigenvalue weighted by Crippen LogP contribution is -2.15. The van der Waals surface area contributed by atoms with Gasteiger partial charge in [-0.15, -0.1) is 0 Å². The lowest BCUT2D eigenvalue weighted by atomic mass is 9.89. The summed E-state index contributed by atoms with van der Waals surface area (Å²) < 4.78 is 28.5. The van der Waals surface area contributed by atoms with E-state index in [1.807, 2.05) is 121 Å². The molecule has 0 bridgehead atoms. The summed E-state index contributed by atoms with van der Waals surface area (Å²) in [6.45, 7) is 3.65. The molecule has 2 N–H and O–H groups in total. The highest BCUT2D eigenvalue weighted by Gasteiger charge is 2.28. The Kier molecular flexibility index (Phi) is 17.7. The summed E-state index contributed by atoms with van der Waals surface area (Å²) in [6, 6.07) is 78.5. The molecule has 15 nitrogen and oxygen atoms in total. The van der Waals surface area contributed by atoms with Crippen LogP contribution in [0.1, 0.15) is 77.5 Å². The van der Waals surface area contributed by atoms with Crippen molar-refractivity contribution in [3.8, 4) is 22.3 Å². The average molecular weight is 1300 g/mol. The summed E-state index contributed by atoms with van der Waals surface area (Å²) >= 11 is 0. The van der Waals surface area contributed by atoms with E-state index < -0.39 is 45.6 Å². The second kappa shape index (κ2) is 27.2. The van der Waals surface area contributed by atoms with Gasteiger partial charge in [0.25, 0.3) is 0 Å². The van der Waals surface area contributed by atoms with E-state index in [1.165, 1.54) is 6.92 Å². The van der Waals surface area contributed by atoms with Gasteiger partial charge < -0.3 is 27.9 Å². The predicted molar refractivity (Wildman–Crippen MR) is 383 cm³/mol. The van der Waals surface area contributed by atoms with E-state index in [0.717, 1.165) is 43.1 Å². The molecule has 0 aliphatic carbocycles. The molecule has 0 aliphatic rings. The maximum absolute atomic E-state index is 13.5. The van der Waals surface area contributed by atoms with Crippen LogP contribution >= 0.6 is 0 Å². The highest BCUT2D eigenvalue weighted by molar-refractivity contribution is 6.24. The van der Waals surface area contributed by atoms with E-state index in [-0.39, 0.29) is 56.0 Å². The van der Waals surface area contributed by atoms with Gasteiger partial charge in [0.1, 0.15) is 44.6 Å². The number of esters is 1. The number of hydrogen-bond donors (Lipinski definition) is 0. The predicted octanol–water partition coefficient (Wildman–Crippen LogP) is 16.4. The summed E-state index contributed by atoms with van der Waals surface area (Å²) in [5, 5.41) is 8.47. The van der Waals surface area contributed by atoms with Gasteiger partial charge in [0.15, 0.2) is 23.1 Å². The lowest BCUT2D eigenvalue weighted by Gasteiger charge is -2.16. The Morgan fingerprint density at radius 3 is 0.677 bits per heavy atom. The van der Waals surface area contributed by atoms with E-state index in [2.05, 4.69) is 4.74 Å². The van der Waals surface area contributed by atoms with Gasteiger partial charge in [0, 0.05) is 73.0 Å². The van der Waals surface area contributed by atoms with Crippen LogP contribution in [-0.2, 0) is 9.53 Å². The van der Waals surface area contributed by atoms with Crippen LogP contribution in [-0.4, -0.2) is 41.2 Å². The van der Waals surface area contributed by atoms with E-state index in [9.17, 15) is 43.2 Å². The number of rotatable bonds is 11. The number of benzene rings is 12. The first kappa shape index (κ1) is 64.3. The molecule has 15 heteroatoms. The van der Waals surface area contributed by atoms with E-state index in [1.54, 1.807) is 153 Å². The minimum Gasteiger partial charge on any atom is -0.466 e. The van der Waals surface area contributed by atoms with Crippen LogP contribution in [0.15, 0.2) is 304 Å². The zero-order chi connectivity index (χ0) is 67.7. The molecular weight excluding hydrogens is 1250 g/mol. The van der Waals surface area contributed by atoms with Crippen LogP contribution in [0.2, 0.25) is 0 Å². The average Bonchev–Trinajstić information content (AvgIpc) is 0.730. The van der Waals surface area contributed by atoms with Crippen molar-refractivity contribution < 1.29 is 51.9 Å². The zero-order valence-electron chi connectivity index (χ0n) is 52.8. The Bertz CT molecular complexity index is 5460. The van der Waals surface area contributed by atoms with E-state index in [4.69, 9.17) is 17.7 Å². The smallest absolute Gasteiger partial charge is 0.347 e. The van der Waals surface area contributed by atoms with Gasteiger partial charge in [-0.3, -0.25) is 24.0 Å². The van der Waals surface area contributed by atoms with Crippen LogP contribution in [0, 0.1) is 0 Å². The first-order valence-corrected chi connectivity index (χ1v) is 31.2. The molecule has 16 aromatic rings. The summed E-state index contributed by atoms with van der Waals surface area (Å²) in [4.78, 5) is 117. The van der Waals surface area contributed by atoms with Crippen molar-refractivity contribution in [1.29, 1.82) is 0 Å². The van der Waals surface area contributed by atoms with Crippen molar-refractivity contribution in [2.75, 3.05) is 6.61 Å². The molecule has 0 amide bonds. The topological polar surface area (TPSA) is 247 Å². The maximum Gasteiger partial charge on any atom is 0.347 e. The fraction of sp³-hybridized carbons (Fsp3) is 0.0357. The second-order valence-corrected chi connectivity index (χ2v) is 23.1. The molecule has 0 unspecified atom stereocenters. The van der Waals surface area contributed by atoms with Gasteiger partial charge in [-0.05, 0) is 98.5 Å². The second-order valence-electron chi connectivity index (χ2n) is 23.1. The molecular formula is C84H54O15. The molecule has 0 aliphatic heterocycles. The van der Waals surface area contributed by atoms with Crippen LogP contribution < -0.4 is 22.5 Å². The van der Waals surface area contributed by atoms with Crippen molar-refractivity contribution in [1.82, 2.24) is 0 Å². The van der Waals surface area contributed by atoms with Crippen molar-refractivity contribution in [3.63, 3.8) is 0 Å². The van der Waals surface area contributed by atoms with Gasteiger partial charge in [-0.25, -0.2) is 19.2 Å². The first-order valence-electron chi connectivity index (χ1n) is 31.2. The normalized spacial score (nSPS) is 11.1. The molecule has 4 aromatic heterocycles. The molecule has 12 aromatic carbocycles. The number of hydrogen-bond acceptors (Lipinski definition) is 14. The van der Waals surface area contributed by atoms with Crippen molar-refractivity contribution in [2.24, 2.45) is 0 Å². The third-order valence-corrected chi connectivity index (χ3v) is 16.9. The van der Waals surface area contributed by atoms with Crippen molar-refractivity contribution in [2.45, 2.75) is 13.8 Å². The molecule has 0 saturated heterocycles. The number of ketones is 4. The van der Waals surface area contributed by atoms with Gasteiger partial charge >= 0.3 is 28.5 Å². The third-order valence-electron chi connectivity index (χ3n) is 16.9. The lowest BCUT2D eigenvalue weighted by molar-refractivity contribution is -0.140. The van der Waals surface area contributed by atoms with Gasteiger partial charge in [-0.1, -0.05) is 218 Å². The molecule has 0 atom stereocenters. The Hall–Kier alpha value is -13.4. The first-order chi connectivity index (χ1) is 47.7. The van der Waals surface area contributed by atoms with Gasteiger partial charge in [0.2, 0.25) is 0 Å². The molecule has 480 valence electrons. The Balaban J connectivity index is 0.000000163. The Morgan fingerprint density at radius 1 is 0.283 bits per heavy atom. The Morgan fingerprint density at radius 2 is 0.485 bits per heavy atom. The number of carbonyl (C=O) groups excluding carboxylic acids is 5. The minimum atomic E-state index is -0.778. The maximum atomic E-state index is 13.5. The summed E-state index contributed by atoms with van der Waals surface area (Å²) in [5.74, 6) is -1.98. The largest absolute Gasteiger partial charge is 0.466 e. The molecule has 0 spiro atoms. The zero-order valence-corrected chi connectivity index (χ0v) is 52.8. The van der Waals surface area contributed by atoms with Crippen LogP contribution in [0.3, 0.4) is 0 Å². The third kappa shape index (κ3) is 12.2. The SMILES string of the molecule is CCOC(C)=O.O.O=C(c1ccccc1)c1cc2cc3ccccc3c(-c3c4ccccc4cc4cc(C(=O)c5ccccc5)c(=O)oc34)c2oc1=O.O=C(c1ccccc1)c1cc2cc3ccccc3c(-c3c4ccccc4cc4cc(C(=O)c5ccccc5)c(=O)oc34)c2oc1=O. The van der Waals surface area contributed by atoms with E-state index in [0.29, 0.717) is 72.7 Å². The number of carbonyl (C=O) groups is 5. The minimum absolute atomic E-state index is 0. The van der Waals surface area contributed by atoms with Crippen LogP contribution in [0.5, 0.6) is 0 Å². The standard InChI is InChI=1S/2C40H22O6.C4H8O2.H2O/c2*41-35(23-11-3-1-4-12-23)31-21-27-19-25-15-7-9-17-29(25)33(37(27)45-39(31)43)34-30-18-10-8-16-26(30)20-28-22-32(40(44)46-38(28)34)36(42)24-13-5-2-6-14-24;1-3-6-4(2)5;/h2*1-22H;3H2,1-2H3;1H2. The van der Waals surface area contributed by atoms with Crippen LogP contribution in [0.25, 0.3) is 109 Å². The molecule has 16 rings (SSSR count). The number of ether oxygens (including phenoxy) is 1. The molecule has 99 heavy (non-hydrogen) atoms. The summed E-state index contributed by atoms with van der Waals surface area (Å²) in [7, 11) is 0. The fourth-order valence-electron chi connectivity index (χ4n) is 12.5. The van der Waals surface area contributed by atoms with Crippen molar-refractivity contribution in [3.05, 3.63) is 353 Å².